The van der Waals surface area contributed by atoms with Gasteiger partial charge in [-0.3, -0.25) is 9.59 Å². The molecule has 4 atom stereocenters. The van der Waals surface area contributed by atoms with Crippen molar-refractivity contribution in [1.82, 2.24) is 16.0 Å². The van der Waals surface area contributed by atoms with E-state index in [1.54, 1.807) is 20.2 Å². The average Bonchev–Trinajstić information content (AvgIpc) is 3.46. The van der Waals surface area contributed by atoms with E-state index in [-0.39, 0.29) is 23.1 Å². The Hall–Kier alpha value is -2.40. The van der Waals surface area contributed by atoms with Crippen molar-refractivity contribution in [3.8, 4) is 11.5 Å². The number of methoxy groups -OCH3 is 1. The fourth-order valence-electron chi connectivity index (χ4n) is 7.03. The van der Waals surface area contributed by atoms with Gasteiger partial charge in [0.1, 0.15) is 18.2 Å². The molecule has 4 unspecified atom stereocenters. The minimum Gasteiger partial charge on any atom is -0.504 e. The van der Waals surface area contributed by atoms with Crippen LogP contribution >= 0.6 is 0 Å². The molecule has 0 radical (unpaired) electrons. The number of hydrogen-bond acceptors (Lipinski definition) is 10. The third kappa shape index (κ3) is 8.81. The number of esters is 2. The van der Waals surface area contributed by atoms with Crippen LogP contribution in [-0.2, 0) is 25.5 Å². The summed E-state index contributed by atoms with van der Waals surface area (Å²) in [5.41, 5.74) is 0.356. The molecule has 1 aliphatic carbocycles. The van der Waals surface area contributed by atoms with Crippen LogP contribution in [-0.4, -0.2) is 87.3 Å². The number of carbonyl (C=O) groups is 2. The molecule has 0 spiro atoms. The lowest BCUT2D eigenvalue weighted by molar-refractivity contribution is -0.166. The molecule has 42 heavy (non-hydrogen) atoms. The lowest BCUT2D eigenvalue weighted by Crippen LogP contribution is -2.52. The van der Waals surface area contributed by atoms with Crippen LogP contribution in [0.4, 0.5) is 0 Å². The average molecular weight is 592 g/mol. The van der Waals surface area contributed by atoms with Crippen LogP contribution in [0, 0.1) is 10.8 Å². The number of aliphatic hydroxyl groups is 1. The molecule has 0 bridgehead atoms. The molecule has 10 heteroatoms. The Balaban J connectivity index is 1.97. The van der Waals surface area contributed by atoms with Crippen molar-refractivity contribution < 1.29 is 34.0 Å². The highest BCUT2D eigenvalue weighted by Gasteiger charge is 2.45. The SMILES string of the molecule is CNCC(NC)C(=O)OC(CC(CCC1(C(C)O)CCCC1)OC(C)=O)C1(Cc2ccc(O)c(OC)c2)CCNCC1. The van der Waals surface area contributed by atoms with Crippen LogP contribution < -0.4 is 20.7 Å². The maximum atomic E-state index is 13.5. The van der Waals surface area contributed by atoms with Gasteiger partial charge < -0.3 is 40.4 Å². The van der Waals surface area contributed by atoms with Gasteiger partial charge in [0.2, 0.25) is 0 Å². The highest BCUT2D eigenvalue weighted by Crippen LogP contribution is 2.46. The number of benzene rings is 1. The summed E-state index contributed by atoms with van der Waals surface area (Å²) in [5, 5.41) is 30.4. The Bertz CT molecular complexity index is 1010. The minimum atomic E-state index is -0.533. The van der Waals surface area contributed by atoms with Crippen molar-refractivity contribution in [1.29, 1.82) is 0 Å². The van der Waals surface area contributed by atoms with Crippen molar-refractivity contribution in [3.05, 3.63) is 23.8 Å². The summed E-state index contributed by atoms with van der Waals surface area (Å²) in [6, 6.07) is 4.82. The van der Waals surface area contributed by atoms with E-state index in [2.05, 4.69) is 16.0 Å². The van der Waals surface area contributed by atoms with E-state index in [0.717, 1.165) is 63.6 Å². The number of nitrogens with one attached hydrogen (secondary N) is 3. The molecule has 1 saturated heterocycles. The van der Waals surface area contributed by atoms with E-state index in [1.165, 1.54) is 14.0 Å². The third-order valence-electron chi connectivity index (χ3n) is 9.64. The van der Waals surface area contributed by atoms with Gasteiger partial charge in [-0.25, -0.2) is 0 Å². The van der Waals surface area contributed by atoms with Gasteiger partial charge in [-0.2, -0.15) is 0 Å². The van der Waals surface area contributed by atoms with E-state index in [0.29, 0.717) is 31.6 Å². The lowest BCUT2D eigenvalue weighted by atomic mass is 9.68. The van der Waals surface area contributed by atoms with Gasteiger partial charge in [0, 0.05) is 25.3 Å². The summed E-state index contributed by atoms with van der Waals surface area (Å²) in [4.78, 5) is 25.8. The maximum absolute atomic E-state index is 13.5. The zero-order valence-corrected chi connectivity index (χ0v) is 26.2. The molecular formula is C32H53N3O7. The van der Waals surface area contributed by atoms with E-state index in [1.807, 2.05) is 19.1 Å². The van der Waals surface area contributed by atoms with Gasteiger partial charge >= 0.3 is 11.9 Å². The molecule has 3 rings (SSSR count). The smallest absolute Gasteiger partial charge is 0.324 e. The molecule has 0 amide bonds. The van der Waals surface area contributed by atoms with Crippen LogP contribution in [0.5, 0.6) is 11.5 Å². The topological polar surface area (TPSA) is 138 Å². The van der Waals surface area contributed by atoms with Crippen molar-refractivity contribution in [3.63, 3.8) is 0 Å². The number of carbonyl (C=O) groups excluding carboxylic acids is 2. The molecule has 5 N–H and O–H groups in total. The molecule has 238 valence electrons. The first-order valence-corrected chi connectivity index (χ1v) is 15.5. The molecule has 10 nitrogen and oxygen atoms in total. The van der Waals surface area contributed by atoms with Crippen LogP contribution in [0.2, 0.25) is 0 Å². The first kappa shape index (κ1) is 34.1. The minimum absolute atomic E-state index is 0.0707. The number of phenolic OH excluding ortho intramolecular Hbond substituents is 1. The molecular weight excluding hydrogens is 538 g/mol. The predicted molar refractivity (Wildman–Crippen MR) is 162 cm³/mol. The first-order chi connectivity index (χ1) is 20.1. The summed E-state index contributed by atoms with van der Waals surface area (Å²) in [7, 11) is 5.05. The van der Waals surface area contributed by atoms with Gasteiger partial charge in [0.05, 0.1) is 13.2 Å². The second kappa shape index (κ2) is 15.9. The Kier molecular flexibility index (Phi) is 12.9. The van der Waals surface area contributed by atoms with Crippen molar-refractivity contribution >= 4 is 11.9 Å². The lowest BCUT2D eigenvalue weighted by Gasteiger charge is -2.45. The second-order valence-electron chi connectivity index (χ2n) is 12.4. The second-order valence-corrected chi connectivity index (χ2v) is 12.4. The van der Waals surface area contributed by atoms with E-state index >= 15 is 0 Å². The van der Waals surface area contributed by atoms with Gasteiger partial charge in [-0.1, -0.05) is 18.9 Å². The number of ether oxygens (including phenoxy) is 3. The van der Waals surface area contributed by atoms with Crippen molar-refractivity contribution in [2.75, 3.05) is 40.8 Å². The monoisotopic (exact) mass is 591 g/mol. The van der Waals surface area contributed by atoms with Gasteiger partial charge in [-0.15, -0.1) is 0 Å². The van der Waals surface area contributed by atoms with Crippen LogP contribution in [0.3, 0.4) is 0 Å². The largest absolute Gasteiger partial charge is 0.504 e. The summed E-state index contributed by atoms with van der Waals surface area (Å²) < 4.78 is 17.7. The molecule has 1 aromatic rings. The molecule has 1 aromatic carbocycles. The van der Waals surface area contributed by atoms with E-state index in [9.17, 15) is 19.8 Å². The molecule has 1 heterocycles. The van der Waals surface area contributed by atoms with E-state index in [4.69, 9.17) is 14.2 Å². The summed E-state index contributed by atoms with van der Waals surface area (Å²) in [5.74, 6) is -0.252. The molecule has 1 aliphatic heterocycles. The Morgan fingerprint density at radius 2 is 1.76 bits per heavy atom. The zero-order chi connectivity index (χ0) is 30.8. The Morgan fingerprint density at radius 1 is 1.07 bits per heavy atom. The quantitative estimate of drug-likeness (QED) is 0.182. The summed E-state index contributed by atoms with van der Waals surface area (Å²) in [6.07, 6.45) is 6.48. The number of hydrogen-bond donors (Lipinski definition) is 5. The molecule has 2 fully saturated rings. The number of aliphatic hydroxyl groups excluding tert-OH is 1. The number of likely N-dealkylation sites (N-methyl/N-ethyl adjacent to an activating group) is 2. The van der Waals surface area contributed by atoms with Crippen LogP contribution in [0.1, 0.15) is 77.2 Å². The summed E-state index contributed by atoms with van der Waals surface area (Å²) in [6.45, 7) is 5.22. The zero-order valence-electron chi connectivity index (χ0n) is 26.2. The Morgan fingerprint density at radius 3 is 2.33 bits per heavy atom. The standard InChI is InChI=1S/C32H53N3O7/c1-22(36)31(11-6-7-12-31)13-10-25(41-23(2)37)19-29(42-30(39)26(34-4)21-33-3)32(14-16-35-17-15-32)20-24-8-9-27(38)28(18-24)40-5/h8-9,18,22,25-26,29,33-36,38H,6-7,10-17,19-21H2,1-5H3. The van der Waals surface area contributed by atoms with E-state index < -0.39 is 29.8 Å². The first-order valence-electron chi connectivity index (χ1n) is 15.5. The number of aromatic hydroxyl groups is 1. The highest BCUT2D eigenvalue weighted by atomic mass is 16.6. The highest BCUT2D eigenvalue weighted by molar-refractivity contribution is 5.76. The van der Waals surface area contributed by atoms with Crippen molar-refractivity contribution in [2.24, 2.45) is 10.8 Å². The number of rotatable bonds is 16. The van der Waals surface area contributed by atoms with Crippen LogP contribution in [0.15, 0.2) is 18.2 Å². The molecule has 1 saturated carbocycles. The Labute approximate surface area is 251 Å². The summed E-state index contributed by atoms with van der Waals surface area (Å²) >= 11 is 0. The normalized spacial score (nSPS) is 20.7. The number of piperidine rings is 1. The van der Waals surface area contributed by atoms with Gasteiger partial charge in [0.25, 0.3) is 0 Å². The van der Waals surface area contributed by atoms with Gasteiger partial charge in [-0.05, 0) is 102 Å². The fraction of sp³-hybridized carbons (Fsp3) is 0.750. The fourth-order valence-corrected chi connectivity index (χ4v) is 7.03. The molecule has 2 aliphatic rings. The molecule has 0 aromatic heterocycles. The number of phenols is 1. The predicted octanol–water partition coefficient (Wildman–Crippen LogP) is 3.08. The third-order valence-corrected chi connectivity index (χ3v) is 9.64. The van der Waals surface area contributed by atoms with Gasteiger partial charge in [0.15, 0.2) is 11.5 Å². The van der Waals surface area contributed by atoms with Crippen molar-refractivity contribution in [2.45, 2.75) is 102 Å². The maximum Gasteiger partial charge on any atom is 0.324 e. The van der Waals surface area contributed by atoms with Crippen LogP contribution in [0.25, 0.3) is 0 Å².